The summed E-state index contributed by atoms with van der Waals surface area (Å²) in [5, 5.41) is 3.67. The van der Waals surface area contributed by atoms with Crippen molar-refractivity contribution in [3.63, 3.8) is 0 Å². The topological polar surface area (TPSA) is 70.3 Å². The molecule has 2 aromatic heterocycles. The summed E-state index contributed by atoms with van der Waals surface area (Å²) in [5.74, 6) is -0.00916. The number of pyridine rings is 1. The molecule has 0 amide bonds. The Hall–Kier alpha value is -2.00. The van der Waals surface area contributed by atoms with Gasteiger partial charge in [-0.15, -0.1) is 0 Å². The van der Waals surface area contributed by atoms with E-state index >= 15 is 0 Å². The van der Waals surface area contributed by atoms with Gasteiger partial charge in [-0.05, 0) is 12.5 Å². The predicted molar refractivity (Wildman–Crippen MR) is 66.5 cm³/mol. The van der Waals surface area contributed by atoms with E-state index in [1.54, 1.807) is 0 Å². The van der Waals surface area contributed by atoms with E-state index in [2.05, 4.69) is 15.1 Å². The molecule has 0 saturated carbocycles. The molecule has 118 valence electrons. The van der Waals surface area contributed by atoms with Crippen molar-refractivity contribution in [2.24, 2.45) is 0 Å². The second-order valence-electron chi connectivity index (χ2n) is 4.66. The summed E-state index contributed by atoms with van der Waals surface area (Å²) in [6.45, 7) is 1.13. The molecule has 3 heterocycles. The number of aromatic nitrogens is 3. The number of hydrogen-bond acceptors (Lipinski definition) is 6. The van der Waals surface area contributed by atoms with E-state index in [-0.39, 0.29) is 23.7 Å². The Morgan fingerprint density at radius 1 is 1.23 bits per heavy atom. The van der Waals surface area contributed by atoms with Crippen LogP contribution in [0.1, 0.15) is 17.8 Å². The Bertz CT molecular complexity index is 639. The molecule has 1 saturated heterocycles. The molecular formula is C13H12F3N3O3. The summed E-state index contributed by atoms with van der Waals surface area (Å²) in [5.41, 5.74) is -1.12. The summed E-state index contributed by atoms with van der Waals surface area (Å²) in [4.78, 5) is 7.65. The SMILES string of the molecule is FC(F)(F)c1ccncc1-c1nc(CC2OCCCO2)no1. The van der Waals surface area contributed by atoms with Gasteiger partial charge in [0.15, 0.2) is 12.1 Å². The Balaban J connectivity index is 1.82. The van der Waals surface area contributed by atoms with E-state index in [0.29, 0.717) is 13.2 Å². The first-order valence-corrected chi connectivity index (χ1v) is 6.61. The monoisotopic (exact) mass is 315 g/mol. The van der Waals surface area contributed by atoms with Gasteiger partial charge in [0.25, 0.3) is 5.89 Å². The molecule has 0 bridgehead atoms. The molecular weight excluding hydrogens is 303 g/mol. The van der Waals surface area contributed by atoms with Crippen LogP contribution in [-0.4, -0.2) is 34.6 Å². The van der Waals surface area contributed by atoms with Crippen LogP contribution >= 0.6 is 0 Å². The van der Waals surface area contributed by atoms with Crippen LogP contribution in [0.2, 0.25) is 0 Å². The molecule has 3 rings (SSSR count). The van der Waals surface area contributed by atoms with Gasteiger partial charge in [0.2, 0.25) is 0 Å². The quantitative estimate of drug-likeness (QED) is 0.866. The van der Waals surface area contributed by atoms with Crippen molar-refractivity contribution in [3.8, 4) is 11.5 Å². The van der Waals surface area contributed by atoms with Gasteiger partial charge >= 0.3 is 6.18 Å². The first kappa shape index (κ1) is 14.9. The molecule has 1 aliphatic rings. The van der Waals surface area contributed by atoms with Gasteiger partial charge in [-0.2, -0.15) is 18.2 Å². The number of halogens is 3. The Kier molecular flexibility index (Phi) is 4.08. The number of rotatable bonds is 3. The van der Waals surface area contributed by atoms with Crippen LogP contribution in [0.4, 0.5) is 13.2 Å². The van der Waals surface area contributed by atoms with E-state index in [1.165, 1.54) is 0 Å². The molecule has 1 fully saturated rings. The molecule has 1 aliphatic heterocycles. The summed E-state index contributed by atoms with van der Waals surface area (Å²) >= 11 is 0. The minimum atomic E-state index is -4.53. The first-order valence-electron chi connectivity index (χ1n) is 6.61. The normalized spacial score (nSPS) is 16.9. The van der Waals surface area contributed by atoms with Crippen molar-refractivity contribution in [1.29, 1.82) is 0 Å². The molecule has 22 heavy (non-hydrogen) atoms. The molecule has 0 spiro atoms. The van der Waals surface area contributed by atoms with E-state index < -0.39 is 18.0 Å². The van der Waals surface area contributed by atoms with Crippen LogP contribution in [0, 0.1) is 0 Å². The van der Waals surface area contributed by atoms with Gasteiger partial charge in [0, 0.05) is 12.4 Å². The number of ether oxygens (including phenoxy) is 2. The van der Waals surface area contributed by atoms with Crippen molar-refractivity contribution >= 4 is 0 Å². The molecule has 0 unspecified atom stereocenters. The van der Waals surface area contributed by atoms with Crippen molar-refractivity contribution in [2.75, 3.05) is 13.2 Å². The van der Waals surface area contributed by atoms with E-state index in [1.807, 2.05) is 0 Å². The second-order valence-corrected chi connectivity index (χ2v) is 4.66. The lowest BCUT2D eigenvalue weighted by atomic mass is 10.1. The van der Waals surface area contributed by atoms with Crippen LogP contribution < -0.4 is 0 Å². The Labute approximate surface area is 123 Å². The van der Waals surface area contributed by atoms with Crippen LogP contribution in [0.15, 0.2) is 23.0 Å². The smallest absolute Gasteiger partial charge is 0.352 e. The Morgan fingerprint density at radius 3 is 2.73 bits per heavy atom. The highest BCUT2D eigenvalue weighted by molar-refractivity contribution is 5.57. The van der Waals surface area contributed by atoms with Gasteiger partial charge in [-0.3, -0.25) is 4.98 Å². The van der Waals surface area contributed by atoms with Crippen LogP contribution in [0.5, 0.6) is 0 Å². The third-order valence-electron chi connectivity index (χ3n) is 3.07. The van der Waals surface area contributed by atoms with E-state index in [4.69, 9.17) is 14.0 Å². The zero-order valence-corrected chi connectivity index (χ0v) is 11.3. The summed E-state index contributed by atoms with van der Waals surface area (Å²) < 4.78 is 54.5. The van der Waals surface area contributed by atoms with Gasteiger partial charge in [0.1, 0.15) is 0 Å². The summed E-state index contributed by atoms with van der Waals surface area (Å²) in [6.07, 6.45) is -1.90. The zero-order chi connectivity index (χ0) is 15.6. The van der Waals surface area contributed by atoms with E-state index in [9.17, 15) is 13.2 Å². The minimum absolute atomic E-state index is 0.213. The van der Waals surface area contributed by atoms with Gasteiger partial charge in [0.05, 0.1) is 30.8 Å². The molecule has 0 radical (unpaired) electrons. The number of nitrogens with zero attached hydrogens (tertiary/aromatic N) is 3. The second kappa shape index (κ2) is 6.01. The maximum absolute atomic E-state index is 13.0. The lowest BCUT2D eigenvalue weighted by molar-refractivity contribution is -0.177. The zero-order valence-electron chi connectivity index (χ0n) is 11.3. The highest BCUT2D eigenvalue weighted by atomic mass is 19.4. The minimum Gasteiger partial charge on any atom is -0.352 e. The fraction of sp³-hybridized carbons (Fsp3) is 0.462. The predicted octanol–water partition coefficient (Wildman–Crippen LogP) is 2.46. The highest BCUT2D eigenvalue weighted by Crippen LogP contribution is 2.35. The fourth-order valence-corrected chi connectivity index (χ4v) is 2.06. The standard InChI is InChI=1S/C13H12F3N3O3/c14-13(15,16)9-2-3-17-7-8(9)12-18-10(19-22-12)6-11-20-4-1-5-21-11/h2-3,7,11H,1,4-6H2. The van der Waals surface area contributed by atoms with Crippen LogP contribution in [-0.2, 0) is 22.1 Å². The Morgan fingerprint density at radius 2 is 2.00 bits per heavy atom. The fourth-order valence-electron chi connectivity index (χ4n) is 2.06. The summed E-state index contributed by atoms with van der Waals surface area (Å²) in [6, 6.07) is 0.868. The van der Waals surface area contributed by atoms with Gasteiger partial charge in [-0.1, -0.05) is 5.16 Å². The van der Waals surface area contributed by atoms with Crippen molar-refractivity contribution in [1.82, 2.24) is 15.1 Å². The van der Waals surface area contributed by atoms with Gasteiger partial charge in [-0.25, -0.2) is 0 Å². The largest absolute Gasteiger partial charge is 0.417 e. The van der Waals surface area contributed by atoms with Crippen molar-refractivity contribution < 1.29 is 27.2 Å². The van der Waals surface area contributed by atoms with Crippen molar-refractivity contribution in [2.45, 2.75) is 25.3 Å². The van der Waals surface area contributed by atoms with E-state index in [0.717, 1.165) is 24.9 Å². The maximum atomic E-state index is 13.0. The molecule has 6 nitrogen and oxygen atoms in total. The average Bonchev–Trinajstić information content (AvgIpc) is 2.96. The lowest BCUT2D eigenvalue weighted by Crippen LogP contribution is -2.27. The van der Waals surface area contributed by atoms with Crippen LogP contribution in [0.25, 0.3) is 11.5 Å². The number of hydrogen-bond donors (Lipinski definition) is 0. The number of alkyl halides is 3. The highest BCUT2D eigenvalue weighted by Gasteiger charge is 2.35. The van der Waals surface area contributed by atoms with Crippen LogP contribution in [0.3, 0.4) is 0 Å². The average molecular weight is 315 g/mol. The maximum Gasteiger partial charge on any atom is 0.417 e. The molecule has 0 N–H and O–H groups in total. The van der Waals surface area contributed by atoms with Crippen molar-refractivity contribution in [3.05, 3.63) is 29.8 Å². The molecule has 2 aromatic rings. The third-order valence-corrected chi connectivity index (χ3v) is 3.07. The lowest BCUT2D eigenvalue weighted by Gasteiger charge is -2.21. The third kappa shape index (κ3) is 3.25. The molecule has 0 aromatic carbocycles. The first-order chi connectivity index (χ1) is 10.5. The van der Waals surface area contributed by atoms with Gasteiger partial charge < -0.3 is 14.0 Å². The molecule has 0 aliphatic carbocycles. The molecule has 9 heteroatoms. The molecule has 0 atom stereocenters. The summed E-state index contributed by atoms with van der Waals surface area (Å²) in [7, 11) is 0.